The lowest BCUT2D eigenvalue weighted by Crippen LogP contribution is -2.41. The molecular weight excluding hydrogens is 361 g/mol. The average molecular weight is 384 g/mol. The fourth-order valence-corrected chi connectivity index (χ4v) is 5.00. The summed E-state index contributed by atoms with van der Waals surface area (Å²) in [5.41, 5.74) is 0.807. The van der Waals surface area contributed by atoms with Crippen LogP contribution in [0.1, 0.15) is 25.3 Å². The maximum Gasteiger partial charge on any atom is 0.573 e. The molecule has 0 radical (unpaired) electrons. The summed E-state index contributed by atoms with van der Waals surface area (Å²) < 4.78 is 47.0. The van der Waals surface area contributed by atoms with Crippen LogP contribution in [0.25, 0.3) is 0 Å². The quantitative estimate of drug-likeness (QED) is 0.848. The predicted octanol–water partition coefficient (Wildman–Crippen LogP) is 2.70. The highest BCUT2D eigenvalue weighted by molar-refractivity contribution is 5.72. The van der Waals surface area contributed by atoms with Crippen molar-refractivity contribution in [2.75, 3.05) is 19.6 Å². The molecule has 8 heteroatoms. The highest BCUT2D eigenvalue weighted by Crippen LogP contribution is 2.54. The smallest absolute Gasteiger partial charge is 0.406 e. The second kappa shape index (κ2) is 6.67. The van der Waals surface area contributed by atoms with Gasteiger partial charge in [0.1, 0.15) is 5.75 Å². The van der Waals surface area contributed by atoms with Gasteiger partial charge in [-0.25, -0.2) is 0 Å². The van der Waals surface area contributed by atoms with Gasteiger partial charge < -0.3 is 14.8 Å². The van der Waals surface area contributed by atoms with Crippen molar-refractivity contribution in [2.45, 2.75) is 44.4 Å². The van der Waals surface area contributed by atoms with Crippen LogP contribution in [0.3, 0.4) is 0 Å². The minimum absolute atomic E-state index is 0.0251. The van der Waals surface area contributed by atoms with Crippen molar-refractivity contribution in [1.29, 1.82) is 0 Å². The number of fused-ring (bicyclic) bond motifs is 1. The van der Waals surface area contributed by atoms with E-state index in [1.807, 2.05) is 0 Å². The van der Waals surface area contributed by atoms with Gasteiger partial charge in [-0.05, 0) is 30.5 Å². The van der Waals surface area contributed by atoms with E-state index >= 15 is 0 Å². The first-order chi connectivity index (χ1) is 12.7. The molecule has 0 aromatic heterocycles. The van der Waals surface area contributed by atoms with Crippen molar-refractivity contribution >= 4 is 5.91 Å². The van der Waals surface area contributed by atoms with Crippen molar-refractivity contribution in [3.05, 3.63) is 29.8 Å². The Balaban J connectivity index is 1.39. The lowest BCUT2D eigenvalue weighted by Gasteiger charge is -2.29. The second-order valence-corrected chi connectivity index (χ2v) is 7.83. The van der Waals surface area contributed by atoms with Crippen LogP contribution in [0, 0.1) is 11.8 Å². The fourth-order valence-electron chi connectivity index (χ4n) is 5.00. The summed E-state index contributed by atoms with van der Waals surface area (Å²) in [5, 5.41) is 2.93. The van der Waals surface area contributed by atoms with Gasteiger partial charge in [0.2, 0.25) is 5.91 Å². The molecular formula is C19H23F3N2O3. The summed E-state index contributed by atoms with van der Waals surface area (Å²) in [6.07, 6.45) is -2.39. The number of nitrogens with zero attached hydrogens (tertiary/aromatic N) is 1. The van der Waals surface area contributed by atoms with E-state index in [1.54, 1.807) is 12.1 Å². The molecule has 1 aromatic carbocycles. The predicted molar refractivity (Wildman–Crippen MR) is 90.9 cm³/mol. The van der Waals surface area contributed by atoms with E-state index < -0.39 is 6.36 Å². The Kier molecular flexibility index (Phi) is 4.58. The minimum atomic E-state index is -4.67. The highest BCUT2D eigenvalue weighted by atomic mass is 19.4. The van der Waals surface area contributed by atoms with Crippen molar-refractivity contribution in [2.24, 2.45) is 11.8 Å². The number of nitrogens with one attached hydrogen (secondary N) is 1. The Morgan fingerprint density at radius 1 is 1.37 bits per heavy atom. The van der Waals surface area contributed by atoms with Crippen LogP contribution in [0.5, 0.6) is 5.75 Å². The molecule has 3 fully saturated rings. The summed E-state index contributed by atoms with van der Waals surface area (Å²) in [4.78, 5) is 13.6. The molecule has 4 atom stereocenters. The molecule has 4 rings (SSSR count). The molecule has 3 aliphatic heterocycles. The molecule has 3 heterocycles. The van der Waals surface area contributed by atoms with E-state index in [1.165, 1.54) is 19.1 Å². The van der Waals surface area contributed by atoms with Gasteiger partial charge in [-0.15, -0.1) is 13.2 Å². The highest BCUT2D eigenvalue weighted by Gasteiger charge is 2.62. The zero-order valence-corrected chi connectivity index (χ0v) is 15.1. The lowest BCUT2D eigenvalue weighted by molar-refractivity contribution is -0.274. The maximum atomic E-state index is 12.3. The van der Waals surface area contributed by atoms with Gasteiger partial charge in [0.25, 0.3) is 0 Å². The zero-order valence-electron chi connectivity index (χ0n) is 15.1. The van der Waals surface area contributed by atoms with Crippen LogP contribution in [0.15, 0.2) is 24.3 Å². The lowest BCUT2D eigenvalue weighted by atomic mass is 9.73. The molecule has 148 valence electrons. The fraction of sp³-hybridized carbons (Fsp3) is 0.632. The third-order valence-electron chi connectivity index (χ3n) is 6.00. The van der Waals surface area contributed by atoms with Gasteiger partial charge in [-0.2, -0.15) is 0 Å². The summed E-state index contributed by atoms with van der Waals surface area (Å²) in [6, 6.07) is 6.03. The normalized spacial score (nSPS) is 32.5. The number of likely N-dealkylation sites (tertiary alicyclic amines) is 1. The van der Waals surface area contributed by atoms with E-state index in [0.29, 0.717) is 24.9 Å². The third-order valence-corrected chi connectivity index (χ3v) is 6.00. The molecule has 2 bridgehead atoms. The number of hydrogen-bond donors (Lipinski definition) is 1. The summed E-state index contributed by atoms with van der Waals surface area (Å²) in [7, 11) is 0. The van der Waals surface area contributed by atoms with E-state index in [-0.39, 0.29) is 23.4 Å². The van der Waals surface area contributed by atoms with Gasteiger partial charge >= 0.3 is 6.36 Å². The molecule has 1 amide bonds. The van der Waals surface area contributed by atoms with Gasteiger partial charge in [-0.1, -0.05) is 12.1 Å². The first-order valence-electron chi connectivity index (χ1n) is 9.23. The Morgan fingerprint density at radius 2 is 2.11 bits per heavy atom. The zero-order chi connectivity index (χ0) is 19.2. The van der Waals surface area contributed by atoms with Crippen molar-refractivity contribution < 1.29 is 27.4 Å². The number of benzene rings is 1. The first-order valence-corrected chi connectivity index (χ1v) is 9.23. The number of ether oxygens (including phenoxy) is 2. The van der Waals surface area contributed by atoms with Gasteiger partial charge in [0.05, 0.1) is 11.7 Å². The molecule has 1 aromatic rings. The van der Waals surface area contributed by atoms with Crippen LogP contribution in [0.4, 0.5) is 13.2 Å². The molecule has 0 saturated carbocycles. The summed E-state index contributed by atoms with van der Waals surface area (Å²) in [6.45, 7) is 4.53. The van der Waals surface area contributed by atoms with Crippen molar-refractivity contribution in [1.82, 2.24) is 10.2 Å². The van der Waals surface area contributed by atoms with Gasteiger partial charge in [0.15, 0.2) is 0 Å². The first kappa shape index (κ1) is 18.6. The molecule has 0 unspecified atom stereocenters. The minimum Gasteiger partial charge on any atom is -0.406 e. The van der Waals surface area contributed by atoms with Crippen LogP contribution in [-0.2, 0) is 16.1 Å². The molecule has 5 nitrogen and oxygen atoms in total. The molecule has 1 spiro atoms. The van der Waals surface area contributed by atoms with Crippen LogP contribution < -0.4 is 10.1 Å². The van der Waals surface area contributed by atoms with Crippen molar-refractivity contribution in [3.63, 3.8) is 0 Å². The standard InChI is InChI=1S/C19H23F3N2O3/c1-12(25)23-8-15-16-10-24(11-18(16)7-6-17(15)27-18)9-13-2-4-14(5-3-13)26-19(20,21)22/h2-5,15-17H,6-11H2,1H3,(H,23,25)/t15-,16+,17+,18+/m0/s1. The van der Waals surface area contributed by atoms with E-state index in [2.05, 4.69) is 15.0 Å². The van der Waals surface area contributed by atoms with E-state index in [9.17, 15) is 18.0 Å². The Labute approximate surface area is 155 Å². The topological polar surface area (TPSA) is 50.8 Å². The van der Waals surface area contributed by atoms with E-state index in [4.69, 9.17) is 4.74 Å². The Morgan fingerprint density at radius 3 is 2.78 bits per heavy atom. The largest absolute Gasteiger partial charge is 0.573 e. The number of halogens is 3. The van der Waals surface area contributed by atoms with Gasteiger partial charge in [0, 0.05) is 44.9 Å². The number of carbonyl (C=O) groups is 1. The van der Waals surface area contributed by atoms with Crippen LogP contribution >= 0.6 is 0 Å². The number of rotatable bonds is 5. The number of hydrogen-bond acceptors (Lipinski definition) is 4. The summed E-state index contributed by atoms with van der Waals surface area (Å²) in [5.74, 6) is 0.481. The molecule has 0 aliphatic carbocycles. The number of alkyl halides is 3. The Hall–Kier alpha value is -1.80. The molecule has 3 saturated heterocycles. The number of amides is 1. The maximum absolute atomic E-state index is 12.3. The van der Waals surface area contributed by atoms with Crippen LogP contribution in [-0.4, -0.2) is 48.5 Å². The molecule has 3 aliphatic rings. The average Bonchev–Trinajstić information content (AvgIpc) is 3.21. The van der Waals surface area contributed by atoms with Crippen molar-refractivity contribution in [3.8, 4) is 5.75 Å². The van der Waals surface area contributed by atoms with Crippen LogP contribution in [0.2, 0.25) is 0 Å². The molecule has 1 N–H and O–H groups in total. The van der Waals surface area contributed by atoms with Gasteiger partial charge in [-0.3, -0.25) is 9.69 Å². The summed E-state index contributed by atoms with van der Waals surface area (Å²) >= 11 is 0. The Bertz CT molecular complexity index is 709. The number of carbonyl (C=O) groups excluding carboxylic acids is 1. The molecule has 27 heavy (non-hydrogen) atoms. The monoisotopic (exact) mass is 384 g/mol. The second-order valence-electron chi connectivity index (χ2n) is 7.83. The van der Waals surface area contributed by atoms with E-state index in [0.717, 1.165) is 31.5 Å². The third kappa shape index (κ3) is 3.78. The SMILES string of the molecule is CC(=O)NC[C@H]1[C@H]2CN(Cc3ccc(OC(F)(F)F)cc3)C[C@]23CC[C@H]1O3.